The van der Waals surface area contributed by atoms with E-state index >= 15 is 0 Å². The molecule has 2 N–H and O–H groups in total. The van der Waals surface area contributed by atoms with Gasteiger partial charge in [0.2, 0.25) is 0 Å². The molecule has 0 aliphatic carbocycles. The van der Waals surface area contributed by atoms with Gasteiger partial charge in [0.1, 0.15) is 5.75 Å². The van der Waals surface area contributed by atoms with Crippen LogP contribution in [0.5, 0.6) is 5.75 Å². The van der Waals surface area contributed by atoms with Gasteiger partial charge in [-0.15, -0.1) is 0 Å². The van der Waals surface area contributed by atoms with Gasteiger partial charge in [-0.25, -0.2) is 0 Å². The van der Waals surface area contributed by atoms with Crippen LogP contribution in [-0.4, -0.2) is 30.6 Å². The van der Waals surface area contributed by atoms with E-state index in [4.69, 9.17) is 10.5 Å². The zero-order chi connectivity index (χ0) is 13.8. The third-order valence-corrected chi connectivity index (χ3v) is 3.81. The van der Waals surface area contributed by atoms with Gasteiger partial charge in [0, 0.05) is 11.6 Å². The maximum absolute atomic E-state index is 6.43. The fraction of sp³-hybridized carbons (Fsp3) is 0.600. The van der Waals surface area contributed by atoms with Crippen LogP contribution in [0.1, 0.15) is 39.3 Å². The minimum atomic E-state index is -0.0575. The fourth-order valence-corrected chi connectivity index (χ4v) is 2.45. The number of ether oxygens (including phenoxy) is 1. The largest absolute Gasteiger partial charge is 0.497 e. The molecule has 1 aromatic rings. The molecule has 3 nitrogen and oxygen atoms in total. The molecule has 0 saturated carbocycles. The maximum atomic E-state index is 6.43. The van der Waals surface area contributed by atoms with Crippen molar-refractivity contribution in [2.45, 2.75) is 39.3 Å². The predicted molar refractivity (Wildman–Crippen MR) is 76.9 cm³/mol. The predicted octanol–water partition coefficient (Wildman–Crippen LogP) is 2.82. The van der Waals surface area contributed by atoms with Gasteiger partial charge in [-0.3, -0.25) is 4.90 Å². The van der Waals surface area contributed by atoms with E-state index in [2.05, 4.69) is 44.7 Å². The Balaban J connectivity index is 2.93. The highest BCUT2D eigenvalue weighted by Crippen LogP contribution is 2.29. The molecule has 18 heavy (non-hydrogen) atoms. The van der Waals surface area contributed by atoms with Crippen LogP contribution in [0, 0.1) is 0 Å². The summed E-state index contributed by atoms with van der Waals surface area (Å²) in [5.41, 5.74) is 7.52. The monoisotopic (exact) mass is 250 g/mol. The maximum Gasteiger partial charge on any atom is 0.118 e. The summed E-state index contributed by atoms with van der Waals surface area (Å²) in [4.78, 5) is 2.39. The first-order chi connectivity index (χ1) is 8.47. The first kappa shape index (κ1) is 15.0. The van der Waals surface area contributed by atoms with Crippen molar-refractivity contribution in [3.8, 4) is 5.75 Å². The van der Waals surface area contributed by atoms with Crippen molar-refractivity contribution in [3.63, 3.8) is 0 Å². The minimum absolute atomic E-state index is 0.0108. The second-order valence-corrected chi connectivity index (χ2v) is 5.08. The first-order valence-electron chi connectivity index (χ1n) is 6.61. The summed E-state index contributed by atoms with van der Waals surface area (Å²) in [6.45, 7) is 10.8. The molecule has 0 aliphatic rings. The third-order valence-electron chi connectivity index (χ3n) is 3.81. The van der Waals surface area contributed by atoms with Crippen molar-refractivity contribution < 1.29 is 4.74 Å². The van der Waals surface area contributed by atoms with Gasteiger partial charge in [0.05, 0.1) is 7.11 Å². The van der Waals surface area contributed by atoms with Gasteiger partial charge < -0.3 is 10.5 Å². The van der Waals surface area contributed by atoms with Crippen molar-refractivity contribution in [2.75, 3.05) is 20.2 Å². The molecule has 0 radical (unpaired) electrons. The van der Waals surface area contributed by atoms with E-state index in [9.17, 15) is 0 Å². The number of methoxy groups -OCH3 is 1. The Morgan fingerprint density at radius 1 is 1.17 bits per heavy atom. The molecular weight excluding hydrogens is 224 g/mol. The summed E-state index contributed by atoms with van der Waals surface area (Å²) in [6, 6.07) is 8.02. The molecule has 0 aliphatic heterocycles. The first-order valence-corrected chi connectivity index (χ1v) is 6.61. The Labute approximate surface area is 111 Å². The summed E-state index contributed by atoms with van der Waals surface area (Å²) in [5, 5.41) is 0. The molecule has 0 bridgehead atoms. The van der Waals surface area contributed by atoms with Crippen molar-refractivity contribution in [3.05, 3.63) is 29.8 Å². The lowest BCUT2D eigenvalue weighted by Gasteiger charge is -2.42. The highest BCUT2D eigenvalue weighted by atomic mass is 16.5. The minimum Gasteiger partial charge on any atom is -0.497 e. The van der Waals surface area contributed by atoms with E-state index < -0.39 is 0 Å². The number of hydrogen-bond donors (Lipinski definition) is 1. The van der Waals surface area contributed by atoms with E-state index in [0.717, 1.165) is 24.4 Å². The van der Waals surface area contributed by atoms with Crippen LogP contribution in [0.2, 0.25) is 0 Å². The molecule has 0 heterocycles. The zero-order valence-electron chi connectivity index (χ0n) is 12.2. The number of nitrogens with zero attached hydrogens (tertiary/aromatic N) is 1. The summed E-state index contributed by atoms with van der Waals surface area (Å²) in [5.74, 6) is 0.867. The van der Waals surface area contributed by atoms with Gasteiger partial charge in [-0.1, -0.05) is 26.0 Å². The summed E-state index contributed by atoms with van der Waals surface area (Å²) in [6.07, 6.45) is 0. The Morgan fingerprint density at radius 3 is 2.06 bits per heavy atom. The average Bonchev–Trinajstić information content (AvgIpc) is 2.39. The van der Waals surface area contributed by atoms with E-state index in [1.165, 1.54) is 0 Å². The Hall–Kier alpha value is -1.06. The summed E-state index contributed by atoms with van der Waals surface area (Å²) >= 11 is 0. The van der Waals surface area contributed by atoms with Crippen LogP contribution in [0.4, 0.5) is 0 Å². The molecule has 3 heteroatoms. The van der Waals surface area contributed by atoms with E-state index in [-0.39, 0.29) is 11.6 Å². The van der Waals surface area contributed by atoms with Crippen molar-refractivity contribution in [2.24, 2.45) is 5.73 Å². The van der Waals surface area contributed by atoms with Crippen LogP contribution < -0.4 is 10.5 Å². The molecular formula is C15H26N2O. The lowest BCUT2D eigenvalue weighted by molar-refractivity contribution is 0.107. The second kappa shape index (κ2) is 6.21. The Kier molecular flexibility index (Phi) is 5.17. The van der Waals surface area contributed by atoms with Gasteiger partial charge in [0.15, 0.2) is 0 Å². The summed E-state index contributed by atoms with van der Waals surface area (Å²) in [7, 11) is 1.68. The van der Waals surface area contributed by atoms with Crippen LogP contribution in [0.3, 0.4) is 0 Å². The lowest BCUT2D eigenvalue weighted by atomic mass is 9.87. The quantitative estimate of drug-likeness (QED) is 0.843. The van der Waals surface area contributed by atoms with Crippen molar-refractivity contribution in [1.29, 1.82) is 0 Å². The number of likely N-dealkylation sites (N-methyl/N-ethyl adjacent to an activating group) is 1. The van der Waals surface area contributed by atoms with E-state index in [1.54, 1.807) is 7.11 Å². The van der Waals surface area contributed by atoms with Crippen LogP contribution in [-0.2, 0) is 0 Å². The second-order valence-electron chi connectivity index (χ2n) is 5.08. The SMILES string of the molecule is CCN(CC)C(C)(C)C(N)c1ccc(OC)cc1. The van der Waals surface area contributed by atoms with Gasteiger partial charge >= 0.3 is 0 Å². The molecule has 1 rings (SSSR count). The average molecular weight is 250 g/mol. The molecule has 0 saturated heterocycles. The number of nitrogens with two attached hydrogens (primary N) is 1. The molecule has 1 aromatic carbocycles. The zero-order valence-corrected chi connectivity index (χ0v) is 12.2. The lowest BCUT2D eigenvalue weighted by Crippen LogP contribution is -2.51. The molecule has 0 spiro atoms. The smallest absolute Gasteiger partial charge is 0.118 e. The molecule has 0 fully saturated rings. The normalized spacial score (nSPS) is 13.7. The third kappa shape index (κ3) is 3.03. The molecule has 0 amide bonds. The van der Waals surface area contributed by atoms with Crippen molar-refractivity contribution >= 4 is 0 Å². The Bertz CT molecular complexity index is 355. The topological polar surface area (TPSA) is 38.5 Å². The molecule has 1 atom stereocenters. The molecule has 102 valence electrons. The number of benzene rings is 1. The van der Waals surface area contributed by atoms with E-state index in [0.29, 0.717) is 0 Å². The van der Waals surface area contributed by atoms with E-state index in [1.807, 2.05) is 12.1 Å². The van der Waals surface area contributed by atoms with Gasteiger partial charge in [-0.05, 0) is 44.6 Å². The number of hydrogen-bond acceptors (Lipinski definition) is 3. The fourth-order valence-electron chi connectivity index (χ4n) is 2.45. The van der Waals surface area contributed by atoms with Crippen LogP contribution in [0.15, 0.2) is 24.3 Å². The molecule has 1 unspecified atom stereocenters. The summed E-state index contributed by atoms with van der Waals surface area (Å²) < 4.78 is 5.17. The Morgan fingerprint density at radius 2 is 1.67 bits per heavy atom. The van der Waals surface area contributed by atoms with Gasteiger partial charge in [0.25, 0.3) is 0 Å². The highest BCUT2D eigenvalue weighted by molar-refractivity contribution is 5.30. The highest BCUT2D eigenvalue weighted by Gasteiger charge is 2.32. The van der Waals surface area contributed by atoms with Crippen molar-refractivity contribution in [1.82, 2.24) is 4.90 Å². The van der Waals surface area contributed by atoms with Crippen LogP contribution in [0.25, 0.3) is 0 Å². The molecule has 0 aromatic heterocycles. The number of rotatable bonds is 6. The van der Waals surface area contributed by atoms with Gasteiger partial charge in [-0.2, -0.15) is 0 Å². The van der Waals surface area contributed by atoms with Crippen LogP contribution >= 0.6 is 0 Å². The standard InChI is InChI=1S/C15H26N2O/c1-6-17(7-2)15(3,4)14(16)12-8-10-13(18-5)11-9-12/h8-11,14H,6-7,16H2,1-5H3.